The first-order chi connectivity index (χ1) is 7.65. The van der Waals surface area contributed by atoms with Gasteiger partial charge in [-0.3, -0.25) is 0 Å². The second-order valence-corrected chi connectivity index (χ2v) is 4.94. The van der Waals surface area contributed by atoms with Crippen LogP contribution in [-0.2, 0) is 0 Å². The summed E-state index contributed by atoms with van der Waals surface area (Å²) in [6.07, 6.45) is 4.10. The number of amides is 2. The van der Waals surface area contributed by atoms with Gasteiger partial charge in [-0.2, -0.15) is 0 Å². The smallest absolute Gasteiger partial charge is 0.317 e. The van der Waals surface area contributed by atoms with Gasteiger partial charge in [0.25, 0.3) is 0 Å². The predicted molar refractivity (Wildman–Crippen MR) is 64.3 cm³/mol. The van der Waals surface area contributed by atoms with Crippen LogP contribution in [0.3, 0.4) is 0 Å². The van der Waals surface area contributed by atoms with Crippen LogP contribution in [0.1, 0.15) is 39.5 Å². The van der Waals surface area contributed by atoms with Crippen molar-refractivity contribution in [3.8, 4) is 0 Å². The van der Waals surface area contributed by atoms with Gasteiger partial charge in [-0.1, -0.05) is 13.8 Å². The molecule has 1 aliphatic heterocycles. The van der Waals surface area contributed by atoms with Crippen molar-refractivity contribution in [3.63, 3.8) is 0 Å². The molecule has 1 heterocycles. The minimum Gasteiger partial charge on any atom is -0.394 e. The van der Waals surface area contributed by atoms with Gasteiger partial charge in [0.15, 0.2) is 0 Å². The molecule has 0 aromatic rings. The number of likely N-dealkylation sites (tertiary alicyclic amines) is 1. The van der Waals surface area contributed by atoms with Gasteiger partial charge in [0.2, 0.25) is 0 Å². The number of nitrogens with zero attached hydrogens (tertiary/aromatic N) is 1. The van der Waals surface area contributed by atoms with Crippen molar-refractivity contribution in [2.45, 2.75) is 45.6 Å². The normalized spacial score (nSPS) is 20.5. The highest BCUT2D eigenvalue weighted by atomic mass is 16.3. The number of urea groups is 1. The Bertz CT molecular complexity index is 219. The molecule has 1 aliphatic rings. The van der Waals surface area contributed by atoms with E-state index in [2.05, 4.69) is 19.2 Å². The Morgan fingerprint density at radius 2 is 2.31 bits per heavy atom. The van der Waals surface area contributed by atoms with Crippen LogP contribution in [0.4, 0.5) is 4.79 Å². The standard InChI is InChI=1S/C12H24N2O2/c1-10(2)5-3-7-13-12(16)14-8-4-6-11(14)9-15/h10-11,15H,3-9H2,1-2H3,(H,13,16). The predicted octanol–water partition coefficient (Wildman–Crippen LogP) is 1.59. The minimum absolute atomic E-state index is 0.0136. The molecular weight excluding hydrogens is 204 g/mol. The summed E-state index contributed by atoms with van der Waals surface area (Å²) in [5.41, 5.74) is 0. The summed E-state index contributed by atoms with van der Waals surface area (Å²) in [5.74, 6) is 0.689. The molecule has 2 N–H and O–H groups in total. The molecule has 0 aliphatic carbocycles. The van der Waals surface area contributed by atoms with E-state index >= 15 is 0 Å². The highest BCUT2D eigenvalue weighted by molar-refractivity contribution is 5.74. The molecule has 0 radical (unpaired) electrons. The molecule has 1 rings (SSSR count). The summed E-state index contributed by atoms with van der Waals surface area (Å²) in [5, 5.41) is 12.0. The van der Waals surface area contributed by atoms with Gasteiger partial charge in [-0.25, -0.2) is 4.79 Å². The van der Waals surface area contributed by atoms with Crippen LogP contribution in [0.2, 0.25) is 0 Å². The van der Waals surface area contributed by atoms with Crippen molar-refractivity contribution >= 4 is 6.03 Å². The summed E-state index contributed by atoms with van der Waals surface area (Å²) >= 11 is 0. The van der Waals surface area contributed by atoms with Gasteiger partial charge in [-0.15, -0.1) is 0 Å². The van der Waals surface area contributed by atoms with Crippen molar-refractivity contribution in [1.82, 2.24) is 10.2 Å². The first kappa shape index (κ1) is 13.3. The number of hydrogen-bond acceptors (Lipinski definition) is 2. The molecule has 2 amide bonds. The SMILES string of the molecule is CC(C)CCCNC(=O)N1CCCC1CO. The molecule has 0 saturated carbocycles. The number of carbonyl (C=O) groups is 1. The van der Waals surface area contributed by atoms with Gasteiger partial charge in [0, 0.05) is 13.1 Å². The fourth-order valence-corrected chi connectivity index (χ4v) is 2.10. The van der Waals surface area contributed by atoms with Gasteiger partial charge in [-0.05, 0) is 31.6 Å². The summed E-state index contributed by atoms with van der Waals surface area (Å²) < 4.78 is 0. The Morgan fingerprint density at radius 1 is 1.56 bits per heavy atom. The number of aliphatic hydroxyl groups excluding tert-OH is 1. The molecule has 1 unspecified atom stereocenters. The highest BCUT2D eigenvalue weighted by Crippen LogP contribution is 2.16. The minimum atomic E-state index is -0.0136. The van der Waals surface area contributed by atoms with E-state index in [0.29, 0.717) is 5.92 Å². The molecule has 1 atom stereocenters. The number of hydrogen-bond donors (Lipinski definition) is 2. The summed E-state index contributed by atoms with van der Waals surface area (Å²) in [6.45, 7) is 5.97. The van der Waals surface area contributed by atoms with Crippen molar-refractivity contribution in [2.24, 2.45) is 5.92 Å². The van der Waals surface area contributed by atoms with Crippen LogP contribution < -0.4 is 5.32 Å². The van der Waals surface area contributed by atoms with Crippen molar-refractivity contribution in [2.75, 3.05) is 19.7 Å². The molecule has 4 heteroatoms. The number of nitrogens with one attached hydrogen (secondary N) is 1. The summed E-state index contributed by atoms with van der Waals surface area (Å²) in [4.78, 5) is 13.5. The first-order valence-corrected chi connectivity index (χ1v) is 6.30. The lowest BCUT2D eigenvalue weighted by Gasteiger charge is -2.23. The Labute approximate surface area is 98.0 Å². The van der Waals surface area contributed by atoms with E-state index in [1.807, 2.05) is 0 Å². The zero-order valence-electron chi connectivity index (χ0n) is 10.4. The van der Waals surface area contributed by atoms with Crippen molar-refractivity contribution in [1.29, 1.82) is 0 Å². The van der Waals surface area contributed by atoms with Crippen molar-refractivity contribution < 1.29 is 9.90 Å². The maximum atomic E-state index is 11.8. The molecule has 0 aromatic heterocycles. The molecule has 0 bridgehead atoms. The largest absolute Gasteiger partial charge is 0.394 e. The molecule has 1 fully saturated rings. The monoisotopic (exact) mass is 228 g/mol. The average molecular weight is 228 g/mol. The van der Waals surface area contributed by atoms with Crippen LogP contribution >= 0.6 is 0 Å². The fourth-order valence-electron chi connectivity index (χ4n) is 2.10. The maximum Gasteiger partial charge on any atom is 0.317 e. The third-order valence-electron chi connectivity index (χ3n) is 3.08. The van der Waals surface area contributed by atoms with Gasteiger partial charge < -0.3 is 15.3 Å². The zero-order chi connectivity index (χ0) is 12.0. The Kier molecular flexibility index (Phi) is 5.60. The Hall–Kier alpha value is -0.770. The zero-order valence-corrected chi connectivity index (χ0v) is 10.4. The van der Waals surface area contributed by atoms with E-state index in [4.69, 9.17) is 5.11 Å². The molecule has 94 valence electrons. The van der Waals surface area contributed by atoms with E-state index < -0.39 is 0 Å². The number of carbonyl (C=O) groups excluding carboxylic acids is 1. The van der Waals surface area contributed by atoms with E-state index in [-0.39, 0.29) is 18.7 Å². The van der Waals surface area contributed by atoms with Gasteiger partial charge in [0.1, 0.15) is 0 Å². The highest BCUT2D eigenvalue weighted by Gasteiger charge is 2.27. The van der Waals surface area contributed by atoms with Crippen molar-refractivity contribution in [3.05, 3.63) is 0 Å². The molecule has 16 heavy (non-hydrogen) atoms. The van der Waals surface area contributed by atoms with E-state index in [1.54, 1.807) is 4.90 Å². The molecule has 0 aromatic carbocycles. The fraction of sp³-hybridized carbons (Fsp3) is 0.917. The van der Waals surface area contributed by atoms with Crippen LogP contribution in [0.15, 0.2) is 0 Å². The van der Waals surface area contributed by atoms with Gasteiger partial charge in [0.05, 0.1) is 12.6 Å². The quantitative estimate of drug-likeness (QED) is 0.702. The summed E-state index contributed by atoms with van der Waals surface area (Å²) in [7, 11) is 0. The molecule has 4 nitrogen and oxygen atoms in total. The number of rotatable bonds is 5. The third-order valence-corrected chi connectivity index (χ3v) is 3.08. The van der Waals surface area contributed by atoms with Crippen LogP contribution in [0, 0.1) is 5.92 Å². The second kappa shape index (κ2) is 6.74. The molecule has 0 spiro atoms. The Morgan fingerprint density at radius 3 is 2.94 bits per heavy atom. The van der Waals surface area contributed by atoms with E-state index in [1.165, 1.54) is 0 Å². The van der Waals surface area contributed by atoms with Crippen LogP contribution in [0.5, 0.6) is 0 Å². The number of aliphatic hydroxyl groups is 1. The lowest BCUT2D eigenvalue weighted by molar-refractivity contribution is 0.157. The maximum absolute atomic E-state index is 11.8. The Balaban J connectivity index is 2.19. The molecule has 1 saturated heterocycles. The third kappa shape index (κ3) is 4.00. The van der Waals surface area contributed by atoms with Crippen LogP contribution in [0.25, 0.3) is 0 Å². The lowest BCUT2D eigenvalue weighted by atomic mass is 10.1. The summed E-state index contributed by atoms with van der Waals surface area (Å²) in [6, 6.07) is 0.0189. The lowest BCUT2D eigenvalue weighted by Crippen LogP contribution is -2.44. The average Bonchev–Trinajstić information content (AvgIpc) is 2.71. The topological polar surface area (TPSA) is 52.6 Å². The van der Waals surface area contributed by atoms with Crippen LogP contribution in [-0.4, -0.2) is 41.8 Å². The van der Waals surface area contributed by atoms with E-state index in [9.17, 15) is 4.79 Å². The van der Waals surface area contributed by atoms with E-state index in [0.717, 1.165) is 38.8 Å². The first-order valence-electron chi connectivity index (χ1n) is 6.30. The van der Waals surface area contributed by atoms with Gasteiger partial charge >= 0.3 is 6.03 Å². The molecular formula is C12H24N2O2. The second-order valence-electron chi connectivity index (χ2n) is 4.94.